The van der Waals surface area contributed by atoms with E-state index >= 15 is 0 Å². The Kier molecular flexibility index (Phi) is 4.16. The molecule has 0 saturated carbocycles. The van der Waals surface area contributed by atoms with Crippen molar-refractivity contribution in [2.45, 2.75) is 43.6 Å². The SMILES string of the molecule is CC(C)(C)OC(=O)N1CC2(C1)C(OCC(=O)O)CCS2(=O)=O. The van der Waals surface area contributed by atoms with Crippen LogP contribution in [0.5, 0.6) is 0 Å². The minimum Gasteiger partial charge on any atom is -0.480 e. The molecule has 0 bridgehead atoms. The lowest BCUT2D eigenvalue weighted by molar-refractivity contribution is -0.146. The minimum atomic E-state index is -3.42. The lowest BCUT2D eigenvalue weighted by Gasteiger charge is -2.49. The maximum absolute atomic E-state index is 12.3. The lowest BCUT2D eigenvalue weighted by Crippen LogP contribution is -2.70. The van der Waals surface area contributed by atoms with Gasteiger partial charge >= 0.3 is 12.1 Å². The first-order valence-electron chi connectivity index (χ1n) is 7.00. The fraction of sp³-hybridized carbons (Fsp3) is 0.846. The van der Waals surface area contributed by atoms with E-state index in [2.05, 4.69) is 0 Å². The normalized spacial score (nSPS) is 25.8. The number of hydrogen-bond donors (Lipinski definition) is 1. The third-order valence-electron chi connectivity index (χ3n) is 3.83. The summed E-state index contributed by atoms with van der Waals surface area (Å²) in [6, 6.07) is 0. The molecule has 2 heterocycles. The number of carboxylic acid groups (broad SMARTS) is 1. The Morgan fingerprint density at radius 2 is 1.91 bits per heavy atom. The van der Waals surface area contributed by atoms with Gasteiger partial charge < -0.3 is 19.5 Å². The molecule has 0 aliphatic carbocycles. The van der Waals surface area contributed by atoms with E-state index in [1.54, 1.807) is 20.8 Å². The zero-order chi connectivity index (χ0) is 16.8. The summed E-state index contributed by atoms with van der Waals surface area (Å²) >= 11 is 0. The van der Waals surface area contributed by atoms with E-state index in [4.69, 9.17) is 14.6 Å². The van der Waals surface area contributed by atoms with Gasteiger partial charge in [-0.2, -0.15) is 0 Å². The molecule has 126 valence electrons. The predicted molar refractivity (Wildman–Crippen MR) is 76.3 cm³/mol. The Morgan fingerprint density at radius 3 is 2.41 bits per heavy atom. The molecule has 8 nitrogen and oxygen atoms in total. The van der Waals surface area contributed by atoms with Crippen molar-refractivity contribution >= 4 is 21.9 Å². The second-order valence-electron chi connectivity index (χ2n) is 6.70. The van der Waals surface area contributed by atoms with Gasteiger partial charge in [0.1, 0.15) is 17.0 Å². The molecule has 0 radical (unpaired) electrons. The highest BCUT2D eigenvalue weighted by Gasteiger charge is 2.64. The van der Waals surface area contributed by atoms with Crippen LogP contribution >= 0.6 is 0 Å². The average molecular weight is 335 g/mol. The Bertz CT molecular complexity index is 572. The molecule has 1 amide bonds. The van der Waals surface area contributed by atoms with Crippen molar-refractivity contribution in [3.8, 4) is 0 Å². The number of carbonyl (C=O) groups is 2. The summed E-state index contributed by atoms with van der Waals surface area (Å²) in [7, 11) is -3.42. The van der Waals surface area contributed by atoms with Crippen molar-refractivity contribution in [2.24, 2.45) is 0 Å². The smallest absolute Gasteiger partial charge is 0.410 e. The van der Waals surface area contributed by atoms with Crippen molar-refractivity contribution < 1.29 is 32.6 Å². The van der Waals surface area contributed by atoms with Crippen LogP contribution in [-0.2, 0) is 24.1 Å². The van der Waals surface area contributed by atoms with Crippen LogP contribution in [0.4, 0.5) is 4.79 Å². The van der Waals surface area contributed by atoms with E-state index in [0.29, 0.717) is 0 Å². The molecular formula is C13H21NO7S. The largest absolute Gasteiger partial charge is 0.480 e. The number of sulfone groups is 1. The molecule has 2 aliphatic rings. The van der Waals surface area contributed by atoms with E-state index in [9.17, 15) is 18.0 Å². The molecule has 1 atom stereocenters. The molecule has 2 saturated heterocycles. The summed E-state index contributed by atoms with van der Waals surface area (Å²) in [5.41, 5.74) is -0.659. The number of aliphatic carboxylic acids is 1. The summed E-state index contributed by atoms with van der Waals surface area (Å²) < 4.78 is 33.8. The standard InChI is InChI=1S/C13H21NO7S/c1-12(2,3)21-11(17)14-7-13(8-14)9(20-6-10(15)16)4-5-22(13,18)19/h9H,4-8H2,1-3H3,(H,15,16). The van der Waals surface area contributed by atoms with Crippen molar-refractivity contribution in [3.63, 3.8) is 0 Å². The molecule has 9 heteroatoms. The van der Waals surface area contributed by atoms with Crippen molar-refractivity contribution in [3.05, 3.63) is 0 Å². The Balaban J connectivity index is 2.06. The maximum atomic E-state index is 12.3. The van der Waals surface area contributed by atoms with Crippen LogP contribution in [0.3, 0.4) is 0 Å². The third kappa shape index (κ3) is 3.05. The Labute approximate surface area is 129 Å². The number of likely N-dealkylation sites (tertiary alicyclic amines) is 1. The highest BCUT2D eigenvalue weighted by atomic mass is 32.2. The van der Waals surface area contributed by atoms with Gasteiger partial charge in [0.15, 0.2) is 9.84 Å². The van der Waals surface area contributed by atoms with Crippen LogP contribution in [0.25, 0.3) is 0 Å². The van der Waals surface area contributed by atoms with Gasteiger partial charge in [0.2, 0.25) is 0 Å². The third-order valence-corrected chi connectivity index (χ3v) is 6.36. The van der Waals surface area contributed by atoms with Gasteiger partial charge in [-0.25, -0.2) is 18.0 Å². The van der Waals surface area contributed by atoms with Gasteiger partial charge in [0.05, 0.1) is 11.9 Å². The van der Waals surface area contributed by atoms with Crippen LogP contribution in [0.1, 0.15) is 27.2 Å². The molecule has 0 aromatic heterocycles. The van der Waals surface area contributed by atoms with Crippen molar-refractivity contribution in [1.82, 2.24) is 4.90 Å². The highest BCUT2D eigenvalue weighted by molar-refractivity contribution is 7.93. The topological polar surface area (TPSA) is 110 Å². The molecule has 2 rings (SSSR count). The summed E-state index contributed by atoms with van der Waals surface area (Å²) in [5, 5.41) is 8.67. The molecule has 22 heavy (non-hydrogen) atoms. The molecule has 1 unspecified atom stereocenters. The maximum Gasteiger partial charge on any atom is 0.410 e. The summed E-state index contributed by atoms with van der Waals surface area (Å²) in [6.07, 6.45) is -1.03. The van der Waals surface area contributed by atoms with Crippen molar-refractivity contribution in [1.29, 1.82) is 0 Å². The van der Waals surface area contributed by atoms with Crippen LogP contribution in [0.2, 0.25) is 0 Å². The van der Waals surface area contributed by atoms with Crippen LogP contribution in [-0.4, -0.2) is 72.4 Å². The molecule has 0 aromatic rings. The van der Waals surface area contributed by atoms with Gasteiger partial charge in [-0.3, -0.25) is 0 Å². The fourth-order valence-corrected chi connectivity index (χ4v) is 5.01. The predicted octanol–water partition coefficient (Wildman–Crippen LogP) is 0.264. The van der Waals surface area contributed by atoms with E-state index in [1.807, 2.05) is 0 Å². The average Bonchev–Trinajstić information content (AvgIpc) is 2.53. The summed E-state index contributed by atoms with van der Waals surface area (Å²) in [6.45, 7) is 4.60. The van der Waals surface area contributed by atoms with E-state index in [-0.39, 0.29) is 25.3 Å². The number of rotatable bonds is 3. The van der Waals surface area contributed by atoms with Crippen LogP contribution < -0.4 is 0 Å². The van der Waals surface area contributed by atoms with Gasteiger partial charge in [-0.05, 0) is 27.2 Å². The van der Waals surface area contributed by atoms with Gasteiger partial charge in [-0.15, -0.1) is 0 Å². The van der Waals surface area contributed by atoms with Gasteiger partial charge in [-0.1, -0.05) is 0 Å². The highest BCUT2D eigenvalue weighted by Crippen LogP contribution is 2.42. The molecule has 2 fully saturated rings. The number of carboxylic acids is 1. The zero-order valence-corrected chi connectivity index (χ0v) is 13.7. The summed E-state index contributed by atoms with van der Waals surface area (Å²) in [5.74, 6) is -1.21. The Morgan fingerprint density at radius 1 is 1.32 bits per heavy atom. The molecular weight excluding hydrogens is 314 g/mol. The molecule has 2 aliphatic heterocycles. The van der Waals surface area contributed by atoms with E-state index in [1.165, 1.54) is 4.90 Å². The number of ether oxygens (including phenoxy) is 2. The molecule has 1 spiro atoms. The zero-order valence-electron chi connectivity index (χ0n) is 12.9. The monoisotopic (exact) mass is 335 g/mol. The number of amides is 1. The molecule has 1 N–H and O–H groups in total. The van der Waals surface area contributed by atoms with E-state index in [0.717, 1.165) is 0 Å². The first-order chi connectivity index (χ1) is 9.97. The van der Waals surface area contributed by atoms with E-state index < -0.39 is 45.0 Å². The second-order valence-corrected chi connectivity index (χ2v) is 9.15. The van der Waals surface area contributed by atoms with Crippen molar-refractivity contribution in [2.75, 3.05) is 25.4 Å². The number of nitrogens with zero attached hydrogens (tertiary/aromatic N) is 1. The number of hydrogen-bond acceptors (Lipinski definition) is 6. The number of carbonyl (C=O) groups excluding carboxylic acids is 1. The second kappa shape index (κ2) is 5.38. The van der Waals surface area contributed by atoms with Crippen LogP contribution in [0.15, 0.2) is 0 Å². The minimum absolute atomic E-state index is 0.0193. The fourth-order valence-electron chi connectivity index (χ4n) is 2.79. The first kappa shape index (κ1) is 17.0. The molecule has 0 aromatic carbocycles. The first-order valence-corrected chi connectivity index (χ1v) is 8.66. The van der Waals surface area contributed by atoms with Gasteiger partial charge in [0, 0.05) is 13.1 Å². The lowest BCUT2D eigenvalue weighted by atomic mass is 9.91. The van der Waals surface area contributed by atoms with Gasteiger partial charge in [0.25, 0.3) is 0 Å². The Hall–Kier alpha value is -1.35. The van der Waals surface area contributed by atoms with Crippen LogP contribution in [0, 0.1) is 0 Å². The quantitative estimate of drug-likeness (QED) is 0.788. The summed E-state index contributed by atoms with van der Waals surface area (Å²) in [4.78, 5) is 23.9.